The largest absolute Gasteiger partial charge is 0.340 e. The van der Waals surface area contributed by atoms with Crippen LogP contribution in [0.25, 0.3) is 0 Å². The number of H-pyrrole nitrogens is 1. The van der Waals surface area contributed by atoms with Crippen LogP contribution in [-0.2, 0) is 4.79 Å². The second-order valence-corrected chi connectivity index (χ2v) is 6.59. The van der Waals surface area contributed by atoms with Crippen molar-refractivity contribution in [1.29, 1.82) is 0 Å². The van der Waals surface area contributed by atoms with Crippen LogP contribution in [0.2, 0.25) is 0 Å². The summed E-state index contributed by atoms with van der Waals surface area (Å²) in [6.07, 6.45) is 7.11. The van der Waals surface area contributed by atoms with E-state index in [-0.39, 0.29) is 5.91 Å². The Kier molecular flexibility index (Phi) is 4.96. The molecule has 0 atom stereocenters. The molecule has 2 saturated heterocycles. The zero-order valence-corrected chi connectivity index (χ0v) is 14.8. The van der Waals surface area contributed by atoms with Gasteiger partial charge in [0.2, 0.25) is 17.8 Å². The smallest absolute Gasteiger partial charge is 0.236 e. The van der Waals surface area contributed by atoms with Gasteiger partial charge < -0.3 is 19.7 Å². The van der Waals surface area contributed by atoms with E-state index in [4.69, 9.17) is 0 Å². The van der Waals surface area contributed by atoms with Gasteiger partial charge in [0.15, 0.2) is 0 Å². The molecule has 1 amide bonds. The number of aromatic nitrogens is 4. The molecule has 26 heavy (non-hydrogen) atoms. The first-order valence-corrected chi connectivity index (χ1v) is 9.06. The Morgan fingerprint density at radius 1 is 0.885 bits per heavy atom. The minimum absolute atomic E-state index is 0.213. The summed E-state index contributed by atoms with van der Waals surface area (Å²) in [7, 11) is 0. The monoisotopic (exact) mass is 356 g/mol. The molecule has 0 bridgehead atoms. The molecule has 2 aliphatic heterocycles. The van der Waals surface area contributed by atoms with Crippen molar-refractivity contribution < 1.29 is 4.79 Å². The summed E-state index contributed by atoms with van der Waals surface area (Å²) >= 11 is 0. The summed E-state index contributed by atoms with van der Waals surface area (Å²) in [6.45, 7) is 7.04. The third kappa shape index (κ3) is 3.77. The standard InChI is InChI=1S/C17H24N8O/c26-15(14-22-6-8-24(9-7-22)17-20-4-5-21-17)23-10-12-25(13-11-23)16-18-2-1-3-19-16/h1-5H,6-14H2,(H,20,21). The highest BCUT2D eigenvalue weighted by atomic mass is 16.2. The number of piperazine rings is 2. The number of carbonyl (C=O) groups excluding carboxylic acids is 1. The van der Waals surface area contributed by atoms with Gasteiger partial charge in [-0.15, -0.1) is 0 Å². The second kappa shape index (κ2) is 7.69. The van der Waals surface area contributed by atoms with Crippen LogP contribution in [0, 0.1) is 0 Å². The molecule has 0 aromatic carbocycles. The summed E-state index contributed by atoms with van der Waals surface area (Å²) < 4.78 is 0. The van der Waals surface area contributed by atoms with Crippen LogP contribution in [0.5, 0.6) is 0 Å². The number of hydrogen-bond acceptors (Lipinski definition) is 7. The number of carbonyl (C=O) groups is 1. The molecule has 2 aromatic rings. The van der Waals surface area contributed by atoms with Gasteiger partial charge in [-0.25, -0.2) is 15.0 Å². The van der Waals surface area contributed by atoms with Crippen LogP contribution in [0.1, 0.15) is 0 Å². The van der Waals surface area contributed by atoms with Gasteiger partial charge in [0.05, 0.1) is 6.54 Å². The van der Waals surface area contributed by atoms with Gasteiger partial charge >= 0.3 is 0 Å². The van der Waals surface area contributed by atoms with Crippen molar-refractivity contribution in [2.45, 2.75) is 0 Å². The SMILES string of the molecule is O=C(CN1CCN(c2ncc[nH]2)CC1)N1CCN(c2ncccn2)CC1. The van der Waals surface area contributed by atoms with Gasteiger partial charge in [-0.05, 0) is 6.07 Å². The average Bonchev–Trinajstić information content (AvgIpc) is 3.24. The zero-order chi connectivity index (χ0) is 17.8. The van der Waals surface area contributed by atoms with E-state index in [1.54, 1.807) is 18.6 Å². The number of imidazole rings is 1. The molecular weight excluding hydrogens is 332 g/mol. The minimum Gasteiger partial charge on any atom is -0.340 e. The van der Waals surface area contributed by atoms with Gasteiger partial charge in [-0.1, -0.05) is 0 Å². The summed E-state index contributed by atoms with van der Waals surface area (Å²) in [4.78, 5) is 37.2. The predicted molar refractivity (Wildman–Crippen MR) is 98.1 cm³/mol. The molecule has 2 aromatic heterocycles. The van der Waals surface area contributed by atoms with Crippen molar-refractivity contribution >= 4 is 17.8 Å². The lowest BCUT2D eigenvalue weighted by Crippen LogP contribution is -2.54. The van der Waals surface area contributed by atoms with Crippen LogP contribution in [-0.4, -0.2) is 94.5 Å². The maximum Gasteiger partial charge on any atom is 0.236 e. The number of hydrogen-bond donors (Lipinski definition) is 1. The number of nitrogens with zero attached hydrogens (tertiary/aromatic N) is 7. The molecule has 1 N–H and O–H groups in total. The second-order valence-electron chi connectivity index (χ2n) is 6.59. The molecule has 138 valence electrons. The van der Waals surface area contributed by atoms with Crippen molar-refractivity contribution in [2.75, 3.05) is 68.7 Å². The lowest BCUT2D eigenvalue weighted by molar-refractivity contribution is -0.132. The lowest BCUT2D eigenvalue weighted by atomic mass is 10.3. The van der Waals surface area contributed by atoms with Crippen LogP contribution >= 0.6 is 0 Å². The molecule has 0 aliphatic carbocycles. The van der Waals surface area contributed by atoms with E-state index in [0.29, 0.717) is 6.54 Å². The highest BCUT2D eigenvalue weighted by molar-refractivity contribution is 5.78. The first kappa shape index (κ1) is 16.8. The van der Waals surface area contributed by atoms with E-state index in [9.17, 15) is 4.79 Å². The van der Waals surface area contributed by atoms with E-state index in [1.807, 2.05) is 17.2 Å². The number of aromatic amines is 1. The number of nitrogens with one attached hydrogen (secondary N) is 1. The van der Waals surface area contributed by atoms with Gasteiger partial charge in [-0.2, -0.15) is 0 Å². The molecule has 9 heteroatoms. The normalized spacial score (nSPS) is 19.0. The average molecular weight is 356 g/mol. The van der Waals surface area contributed by atoms with Crippen molar-refractivity contribution in [3.05, 3.63) is 30.9 Å². The number of amides is 1. The lowest BCUT2D eigenvalue weighted by Gasteiger charge is -2.37. The topological polar surface area (TPSA) is 84.5 Å². The maximum absolute atomic E-state index is 12.6. The molecule has 2 aliphatic rings. The van der Waals surface area contributed by atoms with E-state index in [0.717, 1.165) is 64.3 Å². The fourth-order valence-corrected chi connectivity index (χ4v) is 3.45. The van der Waals surface area contributed by atoms with Crippen molar-refractivity contribution in [3.63, 3.8) is 0 Å². The van der Waals surface area contributed by atoms with Crippen LogP contribution in [0.4, 0.5) is 11.9 Å². The maximum atomic E-state index is 12.6. The molecule has 0 saturated carbocycles. The first-order valence-electron chi connectivity index (χ1n) is 9.06. The number of rotatable bonds is 4. The molecule has 2 fully saturated rings. The Hall–Kier alpha value is -2.68. The molecule has 0 radical (unpaired) electrons. The van der Waals surface area contributed by atoms with Gasteiger partial charge in [0.1, 0.15) is 0 Å². The molecular formula is C17H24N8O. The predicted octanol–water partition coefficient (Wildman–Crippen LogP) is -0.329. The van der Waals surface area contributed by atoms with E-state index < -0.39 is 0 Å². The van der Waals surface area contributed by atoms with Crippen LogP contribution < -0.4 is 9.80 Å². The minimum atomic E-state index is 0.213. The van der Waals surface area contributed by atoms with E-state index in [1.165, 1.54) is 0 Å². The Balaban J connectivity index is 1.22. The third-order valence-corrected chi connectivity index (χ3v) is 4.98. The summed E-state index contributed by atoms with van der Waals surface area (Å²) in [5, 5.41) is 0. The summed E-state index contributed by atoms with van der Waals surface area (Å²) in [5.74, 6) is 1.87. The van der Waals surface area contributed by atoms with Gasteiger partial charge in [0, 0.05) is 77.1 Å². The first-order chi connectivity index (χ1) is 12.8. The van der Waals surface area contributed by atoms with Crippen molar-refractivity contribution in [3.8, 4) is 0 Å². The number of anilines is 2. The van der Waals surface area contributed by atoms with E-state index in [2.05, 4.69) is 34.6 Å². The zero-order valence-electron chi connectivity index (χ0n) is 14.8. The molecule has 9 nitrogen and oxygen atoms in total. The summed E-state index contributed by atoms with van der Waals surface area (Å²) in [6, 6.07) is 1.81. The fraction of sp³-hybridized carbons (Fsp3) is 0.529. The Morgan fingerprint density at radius 3 is 2.23 bits per heavy atom. The quantitative estimate of drug-likeness (QED) is 0.803. The van der Waals surface area contributed by atoms with Gasteiger partial charge in [0.25, 0.3) is 0 Å². The molecule has 0 spiro atoms. The van der Waals surface area contributed by atoms with Crippen LogP contribution in [0.3, 0.4) is 0 Å². The Morgan fingerprint density at radius 2 is 1.58 bits per heavy atom. The molecule has 4 rings (SSSR count). The highest BCUT2D eigenvalue weighted by Crippen LogP contribution is 2.12. The van der Waals surface area contributed by atoms with E-state index >= 15 is 0 Å². The highest BCUT2D eigenvalue weighted by Gasteiger charge is 2.25. The van der Waals surface area contributed by atoms with Gasteiger partial charge in [-0.3, -0.25) is 9.69 Å². The summed E-state index contributed by atoms with van der Waals surface area (Å²) in [5.41, 5.74) is 0. The molecule has 0 unspecified atom stereocenters. The fourth-order valence-electron chi connectivity index (χ4n) is 3.45. The van der Waals surface area contributed by atoms with Crippen molar-refractivity contribution in [1.82, 2.24) is 29.7 Å². The van der Waals surface area contributed by atoms with Crippen molar-refractivity contribution in [2.24, 2.45) is 0 Å². The third-order valence-electron chi connectivity index (χ3n) is 4.98. The van der Waals surface area contributed by atoms with Crippen LogP contribution in [0.15, 0.2) is 30.9 Å². The Bertz CT molecular complexity index is 691. The molecule has 4 heterocycles. The Labute approximate surface area is 152 Å².